The molecule has 0 spiro atoms. The number of nitrogens with two attached hydrogens (primary N) is 1. The largest absolute Gasteiger partial charge is 0.385 e. The van der Waals surface area contributed by atoms with Gasteiger partial charge in [-0.05, 0) is 15.9 Å². The van der Waals surface area contributed by atoms with Crippen molar-refractivity contribution in [1.29, 1.82) is 0 Å². The molecule has 0 saturated heterocycles. The Morgan fingerprint density at radius 2 is 2.43 bits per heavy atom. The second-order valence-electron chi connectivity index (χ2n) is 2.85. The van der Waals surface area contributed by atoms with Gasteiger partial charge < -0.3 is 10.8 Å². The summed E-state index contributed by atoms with van der Waals surface area (Å²) in [5.74, 6) is 0. The van der Waals surface area contributed by atoms with Crippen LogP contribution in [0.5, 0.6) is 0 Å². The summed E-state index contributed by atoms with van der Waals surface area (Å²) < 4.78 is 2.43. The molecule has 74 valence electrons. The van der Waals surface area contributed by atoms with Gasteiger partial charge in [0.1, 0.15) is 6.10 Å². The summed E-state index contributed by atoms with van der Waals surface area (Å²) in [6.45, 7) is 0.147. The van der Waals surface area contributed by atoms with E-state index in [9.17, 15) is 5.11 Å². The smallest absolute Gasteiger partial charge is 0.182 e. The minimum atomic E-state index is -0.750. The summed E-state index contributed by atoms with van der Waals surface area (Å²) in [4.78, 5) is 8.14. The molecule has 2 heterocycles. The maximum Gasteiger partial charge on any atom is 0.182 e. The average molecular weight is 257 g/mol. The van der Waals surface area contributed by atoms with Gasteiger partial charge in [-0.15, -0.1) is 0 Å². The molecule has 0 radical (unpaired) electrons. The van der Waals surface area contributed by atoms with Crippen LogP contribution in [0.4, 0.5) is 0 Å². The van der Waals surface area contributed by atoms with Crippen molar-refractivity contribution >= 4 is 21.4 Å². The summed E-state index contributed by atoms with van der Waals surface area (Å²) in [5.41, 5.74) is 6.68. The first-order chi connectivity index (χ1) is 6.74. The topological polar surface area (TPSA) is 76.4 Å². The fourth-order valence-electron chi connectivity index (χ4n) is 1.28. The van der Waals surface area contributed by atoms with Crippen molar-refractivity contribution in [2.24, 2.45) is 5.73 Å². The summed E-state index contributed by atoms with van der Waals surface area (Å²) in [5, 5.41) is 9.59. The highest BCUT2D eigenvalue weighted by atomic mass is 79.9. The predicted octanol–water partition coefficient (Wildman–Crippen LogP) is 0.484. The minimum absolute atomic E-state index is 0.147. The van der Waals surface area contributed by atoms with Gasteiger partial charge in [0.05, 0.1) is 17.4 Å². The van der Waals surface area contributed by atoms with Gasteiger partial charge in [-0.1, -0.05) is 0 Å². The molecule has 2 aromatic rings. The number of aliphatic hydroxyl groups is 1. The lowest BCUT2D eigenvalue weighted by Gasteiger charge is -2.03. The van der Waals surface area contributed by atoms with Gasteiger partial charge in [-0.25, -0.2) is 4.98 Å². The molecule has 0 aliphatic rings. The highest BCUT2D eigenvalue weighted by molar-refractivity contribution is 9.10. The lowest BCUT2D eigenvalue weighted by atomic mass is 10.2. The third-order valence-electron chi connectivity index (χ3n) is 1.97. The van der Waals surface area contributed by atoms with Crippen LogP contribution in [-0.2, 0) is 0 Å². The highest BCUT2D eigenvalue weighted by Crippen LogP contribution is 2.21. The number of imidazole rings is 1. The number of nitrogens with zero attached hydrogens (tertiary/aromatic N) is 3. The second kappa shape index (κ2) is 3.64. The van der Waals surface area contributed by atoms with E-state index < -0.39 is 6.10 Å². The molecule has 0 amide bonds. The zero-order valence-corrected chi connectivity index (χ0v) is 8.85. The molecule has 0 aliphatic carbocycles. The lowest BCUT2D eigenvalue weighted by Crippen LogP contribution is -2.12. The predicted molar refractivity (Wildman–Crippen MR) is 54.7 cm³/mol. The molecule has 5 nitrogen and oxygen atoms in total. The first-order valence-electron chi connectivity index (χ1n) is 4.09. The number of fused-ring (bicyclic) bond motifs is 1. The molecule has 2 rings (SSSR count). The van der Waals surface area contributed by atoms with E-state index in [1.165, 1.54) is 0 Å². The normalized spacial score (nSPS) is 13.4. The highest BCUT2D eigenvalue weighted by Gasteiger charge is 2.15. The van der Waals surface area contributed by atoms with Crippen LogP contribution < -0.4 is 5.73 Å². The maximum absolute atomic E-state index is 9.59. The van der Waals surface area contributed by atoms with Crippen LogP contribution in [0.3, 0.4) is 0 Å². The molecule has 14 heavy (non-hydrogen) atoms. The van der Waals surface area contributed by atoms with Gasteiger partial charge in [-0.2, -0.15) is 0 Å². The van der Waals surface area contributed by atoms with Crippen molar-refractivity contribution in [3.8, 4) is 0 Å². The summed E-state index contributed by atoms with van der Waals surface area (Å²) in [6, 6.07) is 0. The van der Waals surface area contributed by atoms with Gasteiger partial charge >= 0.3 is 0 Å². The Labute approximate surface area is 88.7 Å². The quantitative estimate of drug-likeness (QED) is 0.820. The molecule has 1 atom stereocenters. The van der Waals surface area contributed by atoms with Gasteiger partial charge in [0, 0.05) is 18.9 Å². The molecular formula is C8H9BrN4O. The van der Waals surface area contributed by atoms with Crippen molar-refractivity contribution in [1.82, 2.24) is 14.4 Å². The number of aliphatic hydroxyl groups excluding tert-OH is 1. The Balaban J connectivity index is 2.66. The Hall–Kier alpha value is -0.980. The van der Waals surface area contributed by atoms with E-state index in [0.717, 1.165) is 5.52 Å². The van der Waals surface area contributed by atoms with Crippen LogP contribution >= 0.6 is 15.9 Å². The van der Waals surface area contributed by atoms with Crippen LogP contribution in [0.15, 0.2) is 23.3 Å². The number of rotatable bonds is 2. The van der Waals surface area contributed by atoms with E-state index in [1.54, 1.807) is 23.0 Å². The first kappa shape index (κ1) is 9.57. The molecular weight excluding hydrogens is 248 g/mol. The second-order valence-corrected chi connectivity index (χ2v) is 3.56. The summed E-state index contributed by atoms with van der Waals surface area (Å²) in [6.07, 6.45) is 4.31. The summed E-state index contributed by atoms with van der Waals surface area (Å²) >= 11 is 3.29. The Bertz CT molecular complexity index is 456. The van der Waals surface area contributed by atoms with Gasteiger partial charge in [-0.3, -0.25) is 9.38 Å². The zero-order valence-electron chi connectivity index (χ0n) is 7.26. The Morgan fingerprint density at radius 3 is 3.14 bits per heavy atom. The molecule has 2 aromatic heterocycles. The number of aromatic nitrogens is 3. The van der Waals surface area contributed by atoms with E-state index in [0.29, 0.717) is 10.4 Å². The van der Waals surface area contributed by atoms with Crippen LogP contribution in [0.25, 0.3) is 5.52 Å². The number of halogens is 1. The standard InChI is InChI=1S/C8H9BrN4O/c9-8-12-7(6(14)3-10)5-4-11-1-2-13(5)8/h1-2,4,6,14H,3,10H2. The summed E-state index contributed by atoms with van der Waals surface area (Å²) in [7, 11) is 0. The molecule has 1 unspecified atom stereocenters. The Kier molecular flexibility index (Phi) is 2.49. The fraction of sp³-hybridized carbons (Fsp3) is 0.250. The lowest BCUT2D eigenvalue weighted by molar-refractivity contribution is 0.184. The zero-order chi connectivity index (χ0) is 10.1. The van der Waals surface area contributed by atoms with Crippen molar-refractivity contribution in [3.63, 3.8) is 0 Å². The van der Waals surface area contributed by atoms with E-state index in [1.807, 2.05) is 0 Å². The molecule has 0 bridgehead atoms. The van der Waals surface area contributed by atoms with Crippen molar-refractivity contribution in [2.45, 2.75) is 6.10 Å². The SMILES string of the molecule is NCC(O)c1nc(Br)n2ccncc12. The fourth-order valence-corrected chi connectivity index (χ4v) is 1.78. The third-order valence-corrected chi connectivity index (χ3v) is 2.53. The number of hydrogen-bond donors (Lipinski definition) is 2. The third kappa shape index (κ3) is 1.41. The maximum atomic E-state index is 9.59. The van der Waals surface area contributed by atoms with E-state index >= 15 is 0 Å². The van der Waals surface area contributed by atoms with Gasteiger partial charge in [0.25, 0.3) is 0 Å². The van der Waals surface area contributed by atoms with Crippen LogP contribution in [0, 0.1) is 0 Å². The van der Waals surface area contributed by atoms with Gasteiger partial charge in [0.15, 0.2) is 4.73 Å². The minimum Gasteiger partial charge on any atom is -0.385 e. The van der Waals surface area contributed by atoms with Crippen molar-refractivity contribution < 1.29 is 5.11 Å². The van der Waals surface area contributed by atoms with Crippen molar-refractivity contribution in [3.05, 3.63) is 29.0 Å². The van der Waals surface area contributed by atoms with Gasteiger partial charge in [0.2, 0.25) is 0 Å². The molecule has 3 N–H and O–H groups in total. The number of hydrogen-bond acceptors (Lipinski definition) is 4. The van der Waals surface area contributed by atoms with Crippen LogP contribution in [-0.4, -0.2) is 26.0 Å². The van der Waals surface area contributed by atoms with Crippen molar-refractivity contribution in [2.75, 3.05) is 6.54 Å². The average Bonchev–Trinajstić information content (AvgIpc) is 2.56. The molecule has 0 aromatic carbocycles. The Morgan fingerprint density at radius 1 is 1.64 bits per heavy atom. The molecule has 0 fully saturated rings. The molecule has 6 heteroatoms. The van der Waals surface area contributed by atoms with Crippen LogP contribution in [0.2, 0.25) is 0 Å². The van der Waals surface area contributed by atoms with E-state index in [4.69, 9.17) is 5.73 Å². The van der Waals surface area contributed by atoms with E-state index in [2.05, 4.69) is 25.9 Å². The van der Waals surface area contributed by atoms with Crippen LogP contribution in [0.1, 0.15) is 11.8 Å². The first-order valence-corrected chi connectivity index (χ1v) is 4.89. The molecule has 0 aliphatic heterocycles. The van der Waals surface area contributed by atoms with E-state index in [-0.39, 0.29) is 6.54 Å². The molecule has 0 saturated carbocycles. The monoisotopic (exact) mass is 256 g/mol.